The van der Waals surface area contributed by atoms with Crippen LogP contribution in [0.15, 0.2) is 72.8 Å². The second kappa shape index (κ2) is 6.62. The molecule has 1 aliphatic heterocycles. The van der Waals surface area contributed by atoms with E-state index in [0.717, 1.165) is 16.7 Å². The van der Waals surface area contributed by atoms with E-state index in [4.69, 9.17) is 34.8 Å². The smallest absolute Gasteiger partial charge is 0.256 e. The zero-order valence-corrected chi connectivity index (χ0v) is 15.9. The molecule has 0 aromatic heterocycles. The van der Waals surface area contributed by atoms with Gasteiger partial charge in [-0.1, -0.05) is 77.3 Å². The molecule has 0 saturated heterocycles. The second-order valence-corrected chi connectivity index (χ2v) is 7.61. The first-order chi connectivity index (χ1) is 12.5. The first kappa shape index (κ1) is 17.4. The second-order valence-electron chi connectivity index (χ2n) is 6.19. The van der Waals surface area contributed by atoms with Gasteiger partial charge in [-0.05, 0) is 41.5 Å². The van der Waals surface area contributed by atoms with Crippen LogP contribution in [-0.4, -0.2) is 10.8 Å². The molecule has 26 heavy (non-hydrogen) atoms. The maximum absolute atomic E-state index is 13.1. The van der Waals surface area contributed by atoms with Crippen LogP contribution in [0.1, 0.15) is 27.0 Å². The summed E-state index contributed by atoms with van der Waals surface area (Å²) in [5.74, 6) is -0.0968. The van der Waals surface area contributed by atoms with Crippen molar-refractivity contribution in [3.05, 3.63) is 105 Å². The van der Waals surface area contributed by atoms with E-state index in [9.17, 15) is 4.79 Å². The van der Waals surface area contributed by atoms with Gasteiger partial charge in [0.1, 0.15) is 0 Å². The first-order valence-corrected chi connectivity index (χ1v) is 9.24. The van der Waals surface area contributed by atoms with E-state index >= 15 is 0 Å². The van der Waals surface area contributed by atoms with E-state index in [0.29, 0.717) is 22.2 Å². The fourth-order valence-electron chi connectivity index (χ4n) is 3.32. The summed E-state index contributed by atoms with van der Waals surface area (Å²) in [6.45, 7) is 0.372. The highest BCUT2D eigenvalue weighted by atomic mass is 35.5. The molecule has 5 heteroatoms. The van der Waals surface area contributed by atoms with E-state index in [-0.39, 0.29) is 5.91 Å². The van der Waals surface area contributed by atoms with Crippen molar-refractivity contribution in [1.82, 2.24) is 4.90 Å². The van der Waals surface area contributed by atoms with Gasteiger partial charge in [0.15, 0.2) is 5.00 Å². The van der Waals surface area contributed by atoms with Crippen molar-refractivity contribution in [1.29, 1.82) is 0 Å². The highest BCUT2D eigenvalue weighted by Crippen LogP contribution is 2.48. The Balaban J connectivity index is 1.84. The third-order valence-corrected chi connectivity index (χ3v) is 5.74. The zero-order valence-electron chi connectivity index (χ0n) is 13.6. The summed E-state index contributed by atoms with van der Waals surface area (Å²) in [7, 11) is 0. The summed E-state index contributed by atoms with van der Waals surface area (Å²) in [4.78, 5) is 13.7. The molecule has 1 amide bonds. The molecule has 1 atom stereocenters. The van der Waals surface area contributed by atoms with Gasteiger partial charge in [-0.25, -0.2) is 0 Å². The lowest BCUT2D eigenvalue weighted by Crippen LogP contribution is -2.39. The largest absolute Gasteiger partial charge is 0.307 e. The molecule has 2 nitrogen and oxygen atoms in total. The Kier molecular flexibility index (Phi) is 4.44. The molecule has 1 aliphatic rings. The van der Waals surface area contributed by atoms with Gasteiger partial charge in [-0.15, -0.1) is 0 Å². The predicted octanol–water partition coefficient (Wildman–Crippen LogP) is 6.09. The number of hydrogen-bond donors (Lipinski definition) is 0. The van der Waals surface area contributed by atoms with Crippen LogP contribution in [0.2, 0.25) is 10.0 Å². The average Bonchev–Trinajstić information content (AvgIpc) is 2.87. The highest BCUT2D eigenvalue weighted by molar-refractivity contribution is 6.31. The Morgan fingerprint density at radius 1 is 0.808 bits per heavy atom. The van der Waals surface area contributed by atoms with Crippen LogP contribution < -0.4 is 0 Å². The summed E-state index contributed by atoms with van der Waals surface area (Å²) < 4.78 is 0. The van der Waals surface area contributed by atoms with Crippen molar-refractivity contribution in [3.63, 3.8) is 0 Å². The van der Waals surface area contributed by atoms with Crippen molar-refractivity contribution < 1.29 is 4.79 Å². The Morgan fingerprint density at radius 3 is 2.04 bits per heavy atom. The number of hydrogen-bond acceptors (Lipinski definition) is 1. The molecule has 0 radical (unpaired) electrons. The van der Waals surface area contributed by atoms with Crippen LogP contribution in [0.3, 0.4) is 0 Å². The predicted molar refractivity (Wildman–Crippen MR) is 106 cm³/mol. The third-order valence-electron chi connectivity index (χ3n) is 4.61. The SMILES string of the molecule is O=C1c2ccccc2C(Cl)(c2ccc(Cl)cc2)N1Cc1ccc(Cl)cc1. The van der Waals surface area contributed by atoms with Gasteiger partial charge in [0.05, 0.1) is 0 Å². The van der Waals surface area contributed by atoms with E-state index in [1.807, 2.05) is 60.7 Å². The number of carbonyl (C=O) groups is 1. The van der Waals surface area contributed by atoms with E-state index in [1.165, 1.54) is 0 Å². The topological polar surface area (TPSA) is 20.3 Å². The van der Waals surface area contributed by atoms with Crippen molar-refractivity contribution in [2.75, 3.05) is 0 Å². The normalized spacial score (nSPS) is 18.9. The summed E-state index contributed by atoms with van der Waals surface area (Å²) in [6, 6.07) is 22.2. The van der Waals surface area contributed by atoms with Gasteiger partial charge in [-0.2, -0.15) is 0 Å². The summed E-state index contributed by atoms with van der Waals surface area (Å²) in [5, 5.41) is 1.27. The molecule has 130 valence electrons. The van der Waals surface area contributed by atoms with Crippen molar-refractivity contribution in [2.45, 2.75) is 11.5 Å². The molecule has 0 N–H and O–H groups in total. The maximum Gasteiger partial charge on any atom is 0.256 e. The first-order valence-electron chi connectivity index (χ1n) is 8.11. The molecular formula is C21H14Cl3NO. The summed E-state index contributed by atoms with van der Waals surface area (Å²) >= 11 is 19.2. The number of nitrogens with zero attached hydrogens (tertiary/aromatic N) is 1. The summed E-state index contributed by atoms with van der Waals surface area (Å²) in [6.07, 6.45) is 0. The minimum Gasteiger partial charge on any atom is -0.307 e. The Hall–Kier alpha value is -2.00. The number of alkyl halides is 1. The third kappa shape index (κ3) is 2.79. The van der Waals surface area contributed by atoms with Gasteiger partial charge in [0.2, 0.25) is 0 Å². The standard InChI is InChI=1S/C21H14Cl3NO/c22-16-9-5-14(6-10-16)13-25-20(26)18-3-1-2-4-19(18)21(25,24)15-7-11-17(23)12-8-15/h1-12H,13H2. The van der Waals surface area contributed by atoms with E-state index < -0.39 is 5.00 Å². The van der Waals surface area contributed by atoms with Crippen LogP contribution in [0.5, 0.6) is 0 Å². The molecule has 4 rings (SSSR count). The minimum absolute atomic E-state index is 0.0968. The number of halogens is 3. The molecule has 3 aromatic rings. The van der Waals surface area contributed by atoms with Crippen LogP contribution in [-0.2, 0) is 11.5 Å². The molecule has 0 spiro atoms. The Morgan fingerprint density at radius 2 is 1.38 bits per heavy atom. The molecule has 0 saturated carbocycles. The number of benzene rings is 3. The van der Waals surface area contributed by atoms with Crippen LogP contribution in [0, 0.1) is 0 Å². The number of amides is 1. The molecule has 0 fully saturated rings. The molecule has 1 unspecified atom stereocenters. The number of carbonyl (C=O) groups excluding carboxylic acids is 1. The lowest BCUT2D eigenvalue weighted by Gasteiger charge is -2.34. The van der Waals surface area contributed by atoms with Crippen molar-refractivity contribution in [2.24, 2.45) is 0 Å². The minimum atomic E-state index is -1.09. The number of fused-ring (bicyclic) bond motifs is 1. The molecule has 1 heterocycles. The molecular weight excluding hydrogens is 389 g/mol. The fraction of sp³-hybridized carbons (Fsp3) is 0.0952. The fourth-order valence-corrected chi connectivity index (χ4v) is 4.00. The maximum atomic E-state index is 13.1. The molecule has 0 bridgehead atoms. The molecule has 3 aromatic carbocycles. The van der Waals surface area contributed by atoms with Crippen LogP contribution in [0.4, 0.5) is 0 Å². The Bertz CT molecular complexity index is 969. The Labute approximate surface area is 166 Å². The average molecular weight is 403 g/mol. The van der Waals surface area contributed by atoms with Gasteiger partial charge < -0.3 is 4.90 Å². The van der Waals surface area contributed by atoms with Crippen LogP contribution >= 0.6 is 34.8 Å². The number of rotatable bonds is 3. The quantitative estimate of drug-likeness (QED) is 0.383. The van der Waals surface area contributed by atoms with Gasteiger partial charge >= 0.3 is 0 Å². The monoisotopic (exact) mass is 401 g/mol. The lowest BCUT2D eigenvalue weighted by molar-refractivity contribution is 0.0702. The van der Waals surface area contributed by atoms with Gasteiger partial charge in [-0.3, -0.25) is 4.79 Å². The van der Waals surface area contributed by atoms with E-state index in [2.05, 4.69) is 0 Å². The van der Waals surface area contributed by atoms with Crippen molar-refractivity contribution >= 4 is 40.7 Å². The highest BCUT2D eigenvalue weighted by Gasteiger charge is 2.49. The van der Waals surface area contributed by atoms with Crippen molar-refractivity contribution in [3.8, 4) is 0 Å². The zero-order chi connectivity index (χ0) is 18.3. The molecule has 0 aliphatic carbocycles. The summed E-state index contributed by atoms with van der Waals surface area (Å²) in [5.41, 5.74) is 3.15. The van der Waals surface area contributed by atoms with Gasteiger partial charge in [0.25, 0.3) is 5.91 Å². The van der Waals surface area contributed by atoms with E-state index in [1.54, 1.807) is 17.0 Å². The lowest BCUT2D eigenvalue weighted by atomic mass is 9.97. The van der Waals surface area contributed by atoms with Gasteiger partial charge in [0, 0.05) is 27.7 Å². The van der Waals surface area contributed by atoms with Crippen LogP contribution in [0.25, 0.3) is 0 Å².